The number of rotatable bonds is 5. The van der Waals surface area contributed by atoms with E-state index in [0.717, 1.165) is 50.4 Å². The molecular formula is C14H22N2O2. The molecule has 1 aromatic rings. The van der Waals surface area contributed by atoms with Crippen LogP contribution in [-0.4, -0.2) is 29.9 Å². The van der Waals surface area contributed by atoms with E-state index >= 15 is 0 Å². The van der Waals surface area contributed by atoms with Crippen molar-refractivity contribution in [3.63, 3.8) is 0 Å². The maximum absolute atomic E-state index is 11.0. The van der Waals surface area contributed by atoms with Gasteiger partial charge in [0.25, 0.3) is 0 Å². The Labute approximate surface area is 108 Å². The summed E-state index contributed by atoms with van der Waals surface area (Å²) in [6, 6.07) is 4.43. The Morgan fingerprint density at radius 2 is 2.28 bits per heavy atom. The summed E-state index contributed by atoms with van der Waals surface area (Å²) in [7, 11) is 0. The first-order valence-corrected chi connectivity index (χ1v) is 6.74. The quantitative estimate of drug-likeness (QED) is 0.868. The van der Waals surface area contributed by atoms with Gasteiger partial charge in [-0.1, -0.05) is 6.92 Å². The number of nitrogens with one attached hydrogen (secondary N) is 1. The van der Waals surface area contributed by atoms with Crippen molar-refractivity contribution in [1.82, 2.24) is 10.2 Å². The van der Waals surface area contributed by atoms with Crippen LogP contribution in [0.15, 0.2) is 16.5 Å². The minimum Gasteiger partial charge on any atom is -0.465 e. The number of nitrogens with zero attached hydrogens (tertiary/aromatic N) is 1. The molecule has 1 aliphatic heterocycles. The van der Waals surface area contributed by atoms with Crippen molar-refractivity contribution in [1.29, 1.82) is 0 Å². The van der Waals surface area contributed by atoms with Crippen LogP contribution in [0.1, 0.15) is 38.2 Å². The van der Waals surface area contributed by atoms with E-state index in [-0.39, 0.29) is 5.91 Å². The molecule has 1 aliphatic rings. The van der Waals surface area contributed by atoms with Crippen molar-refractivity contribution in [2.24, 2.45) is 0 Å². The van der Waals surface area contributed by atoms with Crippen molar-refractivity contribution >= 4 is 5.91 Å². The van der Waals surface area contributed by atoms with Gasteiger partial charge < -0.3 is 9.73 Å². The molecule has 1 aromatic heterocycles. The molecule has 2 rings (SSSR count). The van der Waals surface area contributed by atoms with Gasteiger partial charge in [-0.3, -0.25) is 9.69 Å². The highest BCUT2D eigenvalue weighted by Crippen LogP contribution is 2.16. The molecule has 18 heavy (non-hydrogen) atoms. The SMILES string of the molecule is CCCc1ccc(CN2CC[C@@H](NC(C)=O)C2)o1. The number of furan rings is 1. The fourth-order valence-electron chi connectivity index (χ4n) is 2.49. The van der Waals surface area contributed by atoms with E-state index in [1.165, 1.54) is 0 Å². The van der Waals surface area contributed by atoms with E-state index in [1.54, 1.807) is 6.92 Å². The first kappa shape index (κ1) is 13.1. The molecule has 0 unspecified atom stereocenters. The van der Waals surface area contributed by atoms with Crippen LogP contribution >= 0.6 is 0 Å². The van der Waals surface area contributed by atoms with Gasteiger partial charge in [0.05, 0.1) is 6.54 Å². The van der Waals surface area contributed by atoms with Gasteiger partial charge >= 0.3 is 0 Å². The Morgan fingerprint density at radius 3 is 3.00 bits per heavy atom. The molecule has 0 aromatic carbocycles. The van der Waals surface area contributed by atoms with Gasteiger partial charge in [0.1, 0.15) is 11.5 Å². The molecule has 100 valence electrons. The zero-order valence-electron chi connectivity index (χ0n) is 11.2. The summed E-state index contributed by atoms with van der Waals surface area (Å²) in [4.78, 5) is 13.3. The van der Waals surface area contributed by atoms with Gasteiger partial charge in [0, 0.05) is 32.5 Å². The van der Waals surface area contributed by atoms with Crippen LogP contribution < -0.4 is 5.32 Å². The van der Waals surface area contributed by atoms with Crippen LogP contribution in [0.5, 0.6) is 0 Å². The first-order valence-electron chi connectivity index (χ1n) is 6.74. The molecular weight excluding hydrogens is 228 g/mol. The molecule has 0 spiro atoms. The Hall–Kier alpha value is -1.29. The third kappa shape index (κ3) is 3.60. The summed E-state index contributed by atoms with van der Waals surface area (Å²) in [5.41, 5.74) is 0. The number of amides is 1. The minimum absolute atomic E-state index is 0.0603. The molecule has 1 fully saturated rings. The number of carbonyl (C=O) groups is 1. The molecule has 0 saturated carbocycles. The lowest BCUT2D eigenvalue weighted by molar-refractivity contribution is -0.119. The lowest BCUT2D eigenvalue weighted by Crippen LogP contribution is -2.35. The molecule has 4 nitrogen and oxygen atoms in total. The largest absolute Gasteiger partial charge is 0.465 e. The van der Waals surface area contributed by atoms with Crippen LogP contribution in [0.25, 0.3) is 0 Å². The molecule has 0 aliphatic carbocycles. The number of carbonyl (C=O) groups excluding carboxylic acids is 1. The highest BCUT2D eigenvalue weighted by atomic mass is 16.3. The Morgan fingerprint density at radius 1 is 1.50 bits per heavy atom. The topological polar surface area (TPSA) is 45.5 Å². The third-order valence-electron chi connectivity index (χ3n) is 3.27. The molecule has 0 bridgehead atoms. The van der Waals surface area contributed by atoms with Gasteiger partial charge in [-0.05, 0) is 25.0 Å². The lowest BCUT2D eigenvalue weighted by Gasteiger charge is -2.14. The Kier molecular flexibility index (Phi) is 4.42. The average Bonchev–Trinajstić information content (AvgIpc) is 2.89. The summed E-state index contributed by atoms with van der Waals surface area (Å²) in [5, 5.41) is 2.97. The zero-order valence-corrected chi connectivity index (χ0v) is 11.2. The monoisotopic (exact) mass is 250 g/mol. The zero-order chi connectivity index (χ0) is 13.0. The van der Waals surface area contributed by atoms with Gasteiger partial charge in [-0.2, -0.15) is 0 Å². The van der Waals surface area contributed by atoms with Crippen molar-refractivity contribution < 1.29 is 9.21 Å². The van der Waals surface area contributed by atoms with Crippen LogP contribution in [0.3, 0.4) is 0 Å². The second-order valence-corrected chi connectivity index (χ2v) is 5.04. The Bertz CT molecular complexity index is 400. The highest BCUT2D eigenvalue weighted by Gasteiger charge is 2.23. The van der Waals surface area contributed by atoms with E-state index < -0.39 is 0 Å². The van der Waals surface area contributed by atoms with E-state index in [4.69, 9.17) is 4.42 Å². The Balaban J connectivity index is 1.81. The van der Waals surface area contributed by atoms with Crippen molar-refractivity contribution in [3.05, 3.63) is 23.7 Å². The van der Waals surface area contributed by atoms with Gasteiger partial charge in [-0.25, -0.2) is 0 Å². The predicted octanol–water partition coefficient (Wildman–Crippen LogP) is 1.94. The summed E-state index contributed by atoms with van der Waals surface area (Å²) in [6.07, 6.45) is 3.15. The standard InChI is InChI=1S/C14H22N2O2/c1-3-4-13-5-6-14(18-13)10-16-8-7-12(9-16)15-11(2)17/h5-6,12H,3-4,7-10H2,1-2H3,(H,15,17)/t12-/m1/s1. The maximum atomic E-state index is 11.0. The van der Waals surface area contributed by atoms with E-state index in [2.05, 4.69) is 29.3 Å². The van der Waals surface area contributed by atoms with E-state index in [0.29, 0.717) is 6.04 Å². The van der Waals surface area contributed by atoms with Crippen molar-refractivity contribution in [2.45, 2.75) is 45.7 Å². The molecule has 2 heterocycles. The first-order chi connectivity index (χ1) is 8.67. The van der Waals surface area contributed by atoms with Gasteiger partial charge in [0.2, 0.25) is 5.91 Å². The molecule has 4 heteroatoms. The fraction of sp³-hybridized carbons (Fsp3) is 0.643. The third-order valence-corrected chi connectivity index (χ3v) is 3.27. The number of hydrogen-bond acceptors (Lipinski definition) is 3. The lowest BCUT2D eigenvalue weighted by atomic mass is 10.2. The summed E-state index contributed by atoms with van der Waals surface area (Å²) in [5.74, 6) is 2.16. The predicted molar refractivity (Wildman–Crippen MR) is 70.2 cm³/mol. The van der Waals surface area contributed by atoms with E-state index in [9.17, 15) is 4.79 Å². The van der Waals surface area contributed by atoms with Crippen LogP contribution in [-0.2, 0) is 17.8 Å². The molecule has 1 atom stereocenters. The number of likely N-dealkylation sites (tertiary alicyclic amines) is 1. The van der Waals surface area contributed by atoms with Crippen LogP contribution in [0.4, 0.5) is 0 Å². The second-order valence-electron chi connectivity index (χ2n) is 5.04. The average molecular weight is 250 g/mol. The minimum atomic E-state index is 0.0603. The summed E-state index contributed by atoms with van der Waals surface area (Å²) in [6.45, 7) is 6.52. The maximum Gasteiger partial charge on any atom is 0.217 e. The number of hydrogen-bond donors (Lipinski definition) is 1. The fourth-order valence-corrected chi connectivity index (χ4v) is 2.49. The second kappa shape index (κ2) is 6.05. The van der Waals surface area contributed by atoms with E-state index in [1.807, 2.05) is 0 Å². The normalized spacial score (nSPS) is 20.2. The van der Waals surface area contributed by atoms with Gasteiger partial charge in [-0.15, -0.1) is 0 Å². The highest BCUT2D eigenvalue weighted by molar-refractivity contribution is 5.73. The molecule has 1 amide bonds. The van der Waals surface area contributed by atoms with Crippen LogP contribution in [0, 0.1) is 0 Å². The molecule has 0 radical (unpaired) electrons. The van der Waals surface area contributed by atoms with Crippen molar-refractivity contribution in [2.75, 3.05) is 13.1 Å². The number of aryl methyl sites for hydroxylation is 1. The summed E-state index contributed by atoms with van der Waals surface area (Å²) >= 11 is 0. The smallest absolute Gasteiger partial charge is 0.217 e. The molecule has 1 N–H and O–H groups in total. The van der Waals surface area contributed by atoms with Crippen LogP contribution in [0.2, 0.25) is 0 Å². The van der Waals surface area contributed by atoms with Crippen molar-refractivity contribution in [3.8, 4) is 0 Å². The summed E-state index contributed by atoms with van der Waals surface area (Å²) < 4.78 is 5.77. The van der Waals surface area contributed by atoms with Gasteiger partial charge in [0.15, 0.2) is 0 Å². The molecule has 1 saturated heterocycles.